The minimum atomic E-state index is -0.683. The minimum Gasteiger partial charge on any atom is -0.398 e. The van der Waals surface area contributed by atoms with Gasteiger partial charge in [-0.2, -0.15) is 0 Å². The van der Waals surface area contributed by atoms with Crippen LogP contribution in [0.25, 0.3) is 0 Å². The lowest BCUT2D eigenvalue weighted by atomic mass is 9.82. The van der Waals surface area contributed by atoms with Gasteiger partial charge in [-0.3, -0.25) is 19.7 Å². The van der Waals surface area contributed by atoms with Gasteiger partial charge >= 0.3 is 0 Å². The monoisotopic (exact) mass is 268 g/mol. The molecule has 20 heavy (non-hydrogen) atoms. The van der Waals surface area contributed by atoms with Crippen LogP contribution in [0.15, 0.2) is 36.4 Å². The molecule has 0 fully saturated rings. The van der Waals surface area contributed by atoms with Crippen molar-refractivity contribution in [2.45, 2.75) is 0 Å². The van der Waals surface area contributed by atoms with Gasteiger partial charge in [-0.15, -0.1) is 0 Å². The molecule has 0 aromatic heterocycles. The molecule has 3 rings (SSSR count). The topological polar surface area (TPSA) is 103 Å². The molecule has 1 aliphatic rings. The number of nitrogen functional groups attached to an aromatic ring is 1. The summed E-state index contributed by atoms with van der Waals surface area (Å²) >= 11 is 0. The largest absolute Gasteiger partial charge is 0.398 e. The lowest BCUT2D eigenvalue weighted by Crippen LogP contribution is -2.23. The fourth-order valence-corrected chi connectivity index (χ4v) is 2.38. The van der Waals surface area contributed by atoms with E-state index in [-0.39, 0.29) is 27.9 Å². The maximum absolute atomic E-state index is 12.4. The molecule has 0 saturated heterocycles. The van der Waals surface area contributed by atoms with E-state index < -0.39 is 22.2 Å². The Bertz CT molecular complexity index is 796. The maximum Gasteiger partial charge on any atom is 0.281 e. The Balaban J connectivity index is 2.41. The number of ketones is 2. The van der Waals surface area contributed by atoms with Crippen LogP contribution in [0.4, 0.5) is 11.4 Å². The van der Waals surface area contributed by atoms with Gasteiger partial charge in [0, 0.05) is 22.9 Å². The van der Waals surface area contributed by atoms with Gasteiger partial charge < -0.3 is 5.73 Å². The van der Waals surface area contributed by atoms with Crippen LogP contribution in [0.3, 0.4) is 0 Å². The molecule has 0 heterocycles. The molecule has 0 unspecified atom stereocenters. The highest BCUT2D eigenvalue weighted by atomic mass is 16.6. The van der Waals surface area contributed by atoms with Crippen LogP contribution in [0.5, 0.6) is 0 Å². The minimum absolute atomic E-state index is 0.0680. The van der Waals surface area contributed by atoms with Crippen molar-refractivity contribution in [1.29, 1.82) is 0 Å². The van der Waals surface area contributed by atoms with Gasteiger partial charge in [0.15, 0.2) is 5.78 Å². The lowest BCUT2D eigenvalue weighted by Gasteiger charge is -2.18. The molecule has 2 aromatic rings. The SMILES string of the molecule is Nc1ccc([N+](=O)[O-])c2c1C(=O)c1ccccc1C2=O. The zero-order chi connectivity index (χ0) is 14.4. The summed E-state index contributed by atoms with van der Waals surface area (Å²) in [5.74, 6) is -1.01. The van der Waals surface area contributed by atoms with E-state index in [2.05, 4.69) is 0 Å². The molecule has 98 valence electrons. The van der Waals surface area contributed by atoms with Crippen molar-refractivity contribution >= 4 is 22.9 Å². The van der Waals surface area contributed by atoms with Crippen LogP contribution in [-0.2, 0) is 0 Å². The van der Waals surface area contributed by atoms with Crippen molar-refractivity contribution in [1.82, 2.24) is 0 Å². The highest BCUT2D eigenvalue weighted by Crippen LogP contribution is 2.35. The maximum atomic E-state index is 12.4. The van der Waals surface area contributed by atoms with E-state index >= 15 is 0 Å². The second-order valence-electron chi connectivity index (χ2n) is 4.38. The first-order valence-corrected chi connectivity index (χ1v) is 5.77. The van der Waals surface area contributed by atoms with Gasteiger partial charge in [0.05, 0.1) is 10.5 Å². The first kappa shape index (κ1) is 12.0. The molecule has 6 heteroatoms. The van der Waals surface area contributed by atoms with Gasteiger partial charge in [0.2, 0.25) is 5.78 Å². The predicted molar refractivity (Wildman–Crippen MR) is 70.8 cm³/mol. The average molecular weight is 268 g/mol. The van der Waals surface area contributed by atoms with E-state index in [9.17, 15) is 19.7 Å². The van der Waals surface area contributed by atoms with Crippen LogP contribution in [0.2, 0.25) is 0 Å². The van der Waals surface area contributed by atoms with Crippen molar-refractivity contribution < 1.29 is 14.5 Å². The number of nitro groups is 1. The molecule has 0 amide bonds. The van der Waals surface area contributed by atoms with Crippen LogP contribution >= 0.6 is 0 Å². The molecule has 0 bridgehead atoms. The van der Waals surface area contributed by atoms with Crippen LogP contribution in [-0.4, -0.2) is 16.5 Å². The summed E-state index contributed by atoms with van der Waals surface area (Å²) in [6.45, 7) is 0. The molecular weight excluding hydrogens is 260 g/mol. The molecule has 0 radical (unpaired) electrons. The molecule has 0 spiro atoms. The number of hydrogen-bond acceptors (Lipinski definition) is 5. The third-order valence-corrected chi connectivity index (χ3v) is 3.28. The molecule has 0 atom stereocenters. The third-order valence-electron chi connectivity index (χ3n) is 3.28. The number of anilines is 1. The van der Waals surface area contributed by atoms with E-state index in [1.807, 2.05) is 0 Å². The quantitative estimate of drug-likeness (QED) is 0.412. The summed E-state index contributed by atoms with van der Waals surface area (Å²) in [6, 6.07) is 8.64. The van der Waals surface area contributed by atoms with Gasteiger partial charge in [-0.05, 0) is 6.07 Å². The normalized spacial score (nSPS) is 12.8. The number of nitrogens with two attached hydrogens (primary N) is 1. The Labute approximate surface area is 113 Å². The van der Waals surface area contributed by atoms with Crippen LogP contribution < -0.4 is 5.73 Å². The fourth-order valence-electron chi connectivity index (χ4n) is 2.38. The fraction of sp³-hybridized carbons (Fsp3) is 0. The number of nitro benzene ring substituents is 1. The summed E-state index contributed by atoms with van der Waals surface area (Å²) in [5, 5.41) is 11.0. The van der Waals surface area contributed by atoms with Gasteiger partial charge in [-0.1, -0.05) is 24.3 Å². The Morgan fingerprint density at radius 3 is 2.00 bits per heavy atom. The molecule has 6 nitrogen and oxygen atoms in total. The number of rotatable bonds is 1. The van der Waals surface area contributed by atoms with E-state index in [0.717, 1.165) is 6.07 Å². The number of carbonyl (C=O) groups is 2. The Morgan fingerprint density at radius 2 is 1.45 bits per heavy atom. The zero-order valence-corrected chi connectivity index (χ0v) is 10.1. The summed E-state index contributed by atoms with van der Waals surface area (Å²) < 4.78 is 0. The molecular formula is C14H8N2O4. The molecule has 0 aliphatic heterocycles. The molecule has 0 saturated carbocycles. The van der Waals surface area contributed by atoms with Crippen molar-refractivity contribution in [2.24, 2.45) is 0 Å². The second kappa shape index (κ2) is 3.99. The molecule has 2 N–H and O–H groups in total. The van der Waals surface area contributed by atoms with E-state index in [4.69, 9.17) is 5.73 Å². The first-order valence-electron chi connectivity index (χ1n) is 5.77. The Kier molecular flexibility index (Phi) is 2.40. The van der Waals surface area contributed by atoms with Gasteiger partial charge in [0.1, 0.15) is 5.56 Å². The number of hydrogen-bond donors (Lipinski definition) is 1. The number of benzene rings is 2. The van der Waals surface area contributed by atoms with E-state index in [1.54, 1.807) is 12.1 Å². The van der Waals surface area contributed by atoms with Gasteiger partial charge in [-0.25, -0.2) is 0 Å². The van der Waals surface area contributed by atoms with Crippen LogP contribution in [0, 0.1) is 10.1 Å². The zero-order valence-electron chi connectivity index (χ0n) is 10.1. The summed E-state index contributed by atoms with van der Waals surface area (Å²) in [5.41, 5.74) is 5.47. The van der Waals surface area contributed by atoms with E-state index in [0.29, 0.717) is 0 Å². The summed E-state index contributed by atoms with van der Waals surface area (Å²) in [6.07, 6.45) is 0. The highest BCUT2D eigenvalue weighted by Gasteiger charge is 2.36. The predicted octanol–water partition coefficient (Wildman–Crippen LogP) is 1.95. The van der Waals surface area contributed by atoms with Crippen molar-refractivity contribution in [3.05, 3.63) is 68.8 Å². The lowest BCUT2D eigenvalue weighted by molar-refractivity contribution is -0.385. The Morgan fingerprint density at radius 1 is 0.900 bits per heavy atom. The highest BCUT2D eigenvalue weighted by molar-refractivity contribution is 6.31. The summed E-state index contributed by atoms with van der Waals surface area (Å²) in [7, 11) is 0. The second-order valence-corrected chi connectivity index (χ2v) is 4.38. The van der Waals surface area contributed by atoms with Crippen molar-refractivity contribution in [2.75, 3.05) is 5.73 Å². The molecule has 2 aromatic carbocycles. The number of nitrogens with zero attached hydrogens (tertiary/aromatic N) is 1. The average Bonchev–Trinajstić information content (AvgIpc) is 2.44. The van der Waals surface area contributed by atoms with E-state index in [1.165, 1.54) is 18.2 Å². The summed E-state index contributed by atoms with van der Waals surface area (Å²) in [4.78, 5) is 35.2. The molecule has 1 aliphatic carbocycles. The standard InChI is InChI=1S/C14H8N2O4/c15-9-5-6-10(16(19)20)12-11(9)13(17)7-3-1-2-4-8(7)14(12)18/h1-6H,15H2. The van der Waals surface area contributed by atoms with Crippen molar-refractivity contribution in [3.8, 4) is 0 Å². The van der Waals surface area contributed by atoms with Gasteiger partial charge in [0.25, 0.3) is 5.69 Å². The number of fused-ring (bicyclic) bond motifs is 2. The number of carbonyl (C=O) groups excluding carboxylic acids is 2. The van der Waals surface area contributed by atoms with Crippen molar-refractivity contribution in [3.63, 3.8) is 0 Å². The van der Waals surface area contributed by atoms with Crippen LogP contribution in [0.1, 0.15) is 31.8 Å². The first-order chi connectivity index (χ1) is 9.52. The Hall–Kier alpha value is -3.02. The third kappa shape index (κ3) is 1.45. The smallest absolute Gasteiger partial charge is 0.281 e.